The van der Waals surface area contributed by atoms with E-state index in [0.29, 0.717) is 5.69 Å². The van der Waals surface area contributed by atoms with Crippen molar-refractivity contribution in [1.82, 2.24) is 4.98 Å². The van der Waals surface area contributed by atoms with Crippen molar-refractivity contribution in [1.29, 1.82) is 0 Å². The van der Waals surface area contributed by atoms with Gasteiger partial charge < -0.3 is 10.1 Å². The SMILES string of the molecule is Cc1ccc(NC(=O)COC(=O)c2cccnc2Cl)c(C)c1. The normalized spacial score (nSPS) is 10.1. The summed E-state index contributed by atoms with van der Waals surface area (Å²) in [4.78, 5) is 27.4. The summed E-state index contributed by atoms with van der Waals surface area (Å²) in [5, 5.41) is 2.74. The molecule has 0 saturated heterocycles. The minimum atomic E-state index is -0.686. The van der Waals surface area contributed by atoms with Gasteiger partial charge in [-0.3, -0.25) is 4.79 Å². The van der Waals surface area contributed by atoms with Crippen LogP contribution in [-0.2, 0) is 9.53 Å². The molecule has 0 aliphatic rings. The fourth-order valence-corrected chi connectivity index (χ4v) is 2.08. The number of nitrogens with zero attached hydrogens (tertiary/aromatic N) is 1. The predicted octanol–water partition coefficient (Wildman–Crippen LogP) is 3.15. The molecule has 1 heterocycles. The molecule has 1 aromatic carbocycles. The first kappa shape index (κ1) is 16.0. The predicted molar refractivity (Wildman–Crippen MR) is 84.1 cm³/mol. The highest BCUT2D eigenvalue weighted by Gasteiger charge is 2.14. The molecule has 114 valence electrons. The number of benzene rings is 1. The van der Waals surface area contributed by atoms with E-state index < -0.39 is 18.5 Å². The van der Waals surface area contributed by atoms with Crippen molar-refractivity contribution in [3.63, 3.8) is 0 Å². The van der Waals surface area contributed by atoms with E-state index in [2.05, 4.69) is 10.3 Å². The lowest BCUT2D eigenvalue weighted by Gasteiger charge is -2.09. The number of aromatic nitrogens is 1. The molecule has 0 bridgehead atoms. The Balaban J connectivity index is 1.93. The summed E-state index contributed by atoms with van der Waals surface area (Å²) in [6, 6.07) is 8.71. The number of nitrogens with one attached hydrogen (secondary N) is 1. The first-order chi connectivity index (χ1) is 10.5. The second-order valence-electron chi connectivity index (χ2n) is 4.78. The van der Waals surface area contributed by atoms with Crippen LogP contribution < -0.4 is 5.32 Å². The molecule has 2 rings (SSSR count). The average Bonchev–Trinajstić information content (AvgIpc) is 2.48. The van der Waals surface area contributed by atoms with Crippen molar-refractivity contribution in [2.75, 3.05) is 11.9 Å². The van der Waals surface area contributed by atoms with Crippen LogP contribution in [0.25, 0.3) is 0 Å². The zero-order valence-electron chi connectivity index (χ0n) is 12.2. The van der Waals surface area contributed by atoms with Gasteiger partial charge in [-0.15, -0.1) is 0 Å². The lowest BCUT2D eigenvalue weighted by Crippen LogP contribution is -2.21. The molecule has 1 aromatic heterocycles. The Kier molecular flexibility index (Phi) is 5.12. The monoisotopic (exact) mass is 318 g/mol. The van der Waals surface area contributed by atoms with Crippen molar-refractivity contribution in [3.05, 3.63) is 58.4 Å². The number of hydrogen-bond acceptors (Lipinski definition) is 4. The van der Waals surface area contributed by atoms with Gasteiger partial charge in [0.05, 0.1) is 5.56 Å². The molecule has 0 unspecified atom stereocenters. The molecule has 22 heavy (non-hydrogen) atoms. The van der Waals surface area contributed by atoms with Crippen molar-refractivity contribution in [3.8, 4) is 0 Å². The number of anilines is 1. The third-order valence-corrected chi connectivity index (χ3v) is 3.27. The lowest BCUT2D eigenvalue weighted by molar-refractivity contribution is -0.119. The third kappa shape index (κ3) is 4.05. The molecular weight excluding hydrogens is 304 g/mol. The number of hydrogen-bond donors (Lipinski definition) is 1. The first-order valence-corrected chi connectivity index (χ1v) is 7.00. The lowest BCUT2D eigenvalue weighted by atomic mass is 10.1. The molecule has 0 spiro atoms. The minimum absolute atomic E-state index is 0.0438. The summed E-state index contributed by atoms with van der Waals surface area (Å²) < 4.78 is 4.93. The van der Waals surface area contributed by atoms with E-state index in [4.69, 9.17) is 16.3 Å². The van der Waals surface area contributed by atoms with E-state index in [1.165, 1.54) is 12.3 Å². The van der Waals surface area contributed by atoms with E-state index in [1.807, 2.05) is 32.0 Å². The molecule has 2 aromatic rings. The Morgan fingerprint density at radius 2 is 2.05 bits per heavy atom. The molecule has 6 heteroatoms. The van der Waals surface area contributed by atoms with Crippen molar-refractivity contribution < 1.29 is 14.3 Å². The highest BCUT2D eigenvalue weighted by Crippen LogP contribution is 2.16. The Morgan fingerprint density at radius 3 is 2.73 bits per heavy atom. The number of amides is 1. The Hall–Kier alpha value is -2.40. The summed E-state index contributed by atoms with van der Waals surface area (Å²) >= 11 is 5.79. The zero-order valence-corrected chi connectivity index (χ0v) is 13.0. The van der Waals surface area contributed by atoms with Gasteiger partial charge in [0.15, 0.2) is 6.61 Å². The first-order valence-electron chi connectivity index (χ1n) is 6.62. The quantitative estimate of drug-likeness (QED) is 0.694. The van der Waals surface area contributed by atoms with Gasteiger partial charge in [0.25, 0.3) is 5.91 Å². The van der Waals surface area contributed by atoms with Crippen LogP contribution in [0.3, 0.4) is 0 Å². The Bertz CT molecular complexity index is 716. The van der Waals surface area contributed by atoms with Crippen LogP contribution in [0.4, 0.5) is 5.69 Å². The summed E-state index contributed by atoms with van der Waals surface area (Å²) in [6.07, 6.45) is 1.46. The number of carbonyl (C=O) groups excluding carboxylic acids is 2. The maximum atomic E-state index is 11.8. The number of esters is 1. The number of aryl methyl sites for hydroxylation is 2. The molecule has 0 radical (unpaired) electrons. The molecule has 0 fully saturated rings. The second kappa shape index (κ2) is 7.04. The molecule has 5 nitrogen and oxygen atoms in total. The highest BCUT2D eigenvalue weighted by atomic mass is 35.5. The number of halogens is 1. The van der Waals surface area contributed by atoms with Gasteiger partial charge in [0.1, 0.15) is 5.15 Å². The van der Waals surface area contributed by atoms with E-state index >= 15 is 0 Å². The van der Waals surface area contributed by atoms with Crippen LogP contribution >= 0.6 is 11.6 Å². The van der Waals surface area contributed by atoms with E-state index in [-0.39, 0.29) is 10.7 Å². The summed E-state index contributed by atoms with van der Waals surface area (Å²) in [5.41, 5.74) is 2.86. The fraction of sp³-hybridized carbons (Fsp3) is 0.188. The summed E-state index contributed by atoms with van der Waals surface area (Å²) in [7, 11) is 0. The van der Waals surface area contributed by atoms with E-state index in [1.54, 1.807) is 6.07 Å². The Labute approximate surface area is 133 Å². The van der Waals surface area contributed by atoms with Crippen molar-refractivity contribution in [2.45, 2.75) is 13.8 Å². The average molecular weight is 319 g/mol. The molecule has 0 saturated carbocycles. The number of carbonyl (C=O) groups is 2. The standard InChI is InChI=1S/C16H15ClN2O3/c1-10-5-6-13(11(2)8-10)19-14(20)9-22-16(21)12-4-3-7-18-15(12)17/h3-8H,9H2,1-2H3,(H,19,20). The van der Waals surface area contributed by atoms with Gasteiger partial charge in [-0.1, -0.05) is 29.3 Å². The highest BCUT2D eigenvalue weighted by molar-refractivity contribution is 6.32. The molecule has 0 atom stereocenters. The van der Waals surface area contributed by atoms with E-state index in [0.717, 1.165) is 11.1 Å². The van der Waals surface area contributed by atoms with Crippen LogP contribution in [0, 0.1) is 13.8 Å². The van der Waals surface area contributed by atoms with Gasteiger partial charge in [0.2, 0.25) is 0 Å². The second-order valence-corrected chi connectivity index (χ2v) is 5.14. The maximum absolute atomic E-state index is 11.8. The largest absolute Gasteiger partial charge is 0.452 e. The molecule has 0 aliphatic carbocycles. The Morgan fingerprint density at radius 1 is 1.27 bits per heavy atom. The molecule has 0 aliphatic heterocycles. The van der Waals surface area contributed by atoms with Crippen LogP contribution in [0.1, 0.15) is 21.5 Å². The minimum Gasteiger partial charge on any atom is -0.452 e. The van der Waals surface area contributed by atoms with Crippen LogP contribution in [0.15, 0.2) is 36.5 Å². The number of ether oxygens (including phenoxy) is 1. The molecular formula is C16H15ClN2O3. The van der Waals surface area contributed by atoms with Crippen molar-refractivity contribution >= 4 is 29.2 Å². The maximum Gasteiger partial charge on any atom is 0.341 e. The molecule has 1 N–H and O–H groups in total. The van der Waals surface area contributed by atoms with Crippen LogP contribution in [-0.4, -0.2) is 23.5 Å². The number of pyridine rings is 1. The smallest absolute Gasteiger partial charge is 0.341 e. The van der Waals surface area contributed by atoms with E-state index in [9.17, 15) is 9.59 Å². The third-order valence-electron chi connectivity index (χ3n) is 2.97. The van der Waals surface area contributed by atoms with Gasteiger partial charge in [-0.2, -0.15) is 0 Å². The van der Waals surface area contributed by atoms with Crippen molar-refractivity contribution in [2.24, 2.45) is 0 Å². The van der Waals surface area contributed by atoms with Gasteiger partial charge in [-0.25, -0.2) is 9.78 Å². The van der Waals surface area contributed by atoms with Gasteiger partial charge in [0, 0.05) is 11.9 Å². The summed E-state index contributed by atoms with van der Waals surface area (Å²) in [5.74, 6) is -1.10. The summed E-state index contributed by atoms with van der Waals surface area (Å²) in [6.45, 7) is 3.47. The number of rotatable bonds is 4. The fourth-order valence-electron chi connectivity index (χ4n) is 1.89. The molecule has 1 amide bonds. The van der Waals surface area contributed by atoms with Gasteiger partial charge >= 0.3 is 5.97 Å². The van der Waals surface area contributed by atoms with Crippen LogP contribution in [0.2, 0.25) is 5.15 Å². The topological polar surface area (TPSA) is 68.3 Å². The van der Waals surface area contributed by atoms with Gasteiger partial charge in [-0.05, 0) is 37.6 Å². The van der Waals surface area contributed by atoms with Crippen LogP contribution in [0.5, 0.6) is 0 Å². The zero-order chi connectivity index (χ0) is 16.1.